The Bertz CT molecular complexity index is 366. The quantitative estimate of drug-likeness (QED) is 0.694. The van der Waals surface area contributed by atoms with Crippen LogP contribution < -0.4 is 10.2 Å². The summed E-state index contributed by atoms with van der Waals surface area (Å²) in [5.41, 5.74) is 3.99. The molecular weight excluding hydrogens is 236 g/mol. The highest BCUT2D eigenvalue weighted by Crippen LogP contribution is 2.19. The van der Waals surface area contributed by atoms with Crippen LogP contribution in [0.3, 0.4) is 0 Å². The molecule has 0 aliphatic carbocycles. The zero-order chi connectivity index (χ0) is 14.1. The summed E-state index contributed by atoms with van der Waals surface area (Å²) >= 11 is 0. The molecule has 0 aliphatic rings. The summed E-state index contributed by atoms with van der Waals surface area (Å²) in [5, 5.41) is 3.45. The molecule has 0 aliphatic heterocycles. The molecule has 1 aromatic rings. The predicted molar refractivity (Wildman–Crippen MR) is 83.2 cm³/mol. The summed E-state index contributed by atoms with van der Waals surface area (Å²) in [6, 6.07) is 6.62. The van der Waals surface area contributed by atoms with Crippen LogP contribution in [0, 0.1) is 13.8 Å². The van der Waals surface area contributed by atoms with Crippen molar-refractivity contribution in [1.29, 1.82) is 0 Å². The van der Waals surface area contributed by atoms with Gasteiger partial charge in [0.1, 0.15) is 0 Å². The molecule has 0 unspecified atom stereocenters. The maximum Gasteiger partial charge on any atom is 0.0477 e. The van der Waals surface area contributed by atoms with Crippen LogP contribution >= 0.6 is 0 Å². The number of nitrogens with zero attached hydrogens (tertiary/aromatic N) is 1. The van der Waals surface area contributed by atoms with E-state index in [-0.39, 0.29) is 0 Å². The van der Waals surface area contributed by atoms with Gasteiger partial charge in [-0.15, -0.1) is 0 Å². The summed E-state index contributed by atoms with van der Waals surface area (Å²) in [7, 11) is 2.15. The van der Waals surface area contributed by atoms with E-state index >= 15 is 0 Å². The Labute approximate surface area is 118 Å². The normalized spacial score (nSPS) is 10.7. The molecule has 0 heterocycles. The monoisotopic (exact) mass is 264 g/mol. The van der Waals surface area contributed by atoms with Crippen LogP contribution in [0.25, 0.3) is 0 Å². The molecule has 0 bridgehead atoms. The first-order chi connectivity index (χ1) is 9.15. The van der Waals surface area contributed by atoms with Crippen molar-refractivity contribution in [2.45, 2.75) is 27.2 Å². The maximum atomic E-state index is 5.31. The highest BCUT2D eigenvalue weighted by Gasteiger charge is 2.03. The number of rotatable bonds is 9. The van der Waals surface area contributed by atoms with Crippen molar-refractivity contribution in [3.8, 4) is 0 Å². The van der Waals surface area contributed by atoms with E-state index < -0.39 is 0 Å². The van der Waals surface area contributed by atoms with Crippen molar-refractivity contribution in [2.24, 2.45) is 0 Å². The first-order valence-corrected chi connectivity index (χ1v) is 7.22. The van der Waals surface area contributed by atoms with Gasteiger partial charge in [0.25, 0.3) is 0 Å². The molecule has 108 valence electrons. The second-order valence-electron chi connectivity index (χ2n) is 5.01. The fourth-order valence-corrected chi connectivity index (χ4v) is 2.17. The molecule has 3 heteroatoms. The Balaban J connectivity index is 2.22. The lowest BCUT2D eigenvalue weighted by atomic mass is 10.1. The molecule has 0 amide bonds. The van der Waals surface area contributed by atoms with E-state index in [0.29, 0.717) is 0 Å². The molecule has 1 N–H and O–H groups in total. The number of hydrogen-bond acceptors (Lipinski definition) is 3. The number of anilines is 1. The number of nitrogens with one attached hydrogen (secondary N) is 1. The van der Waals surface area contributed by atoms with Crippen molar-refractivity contribution in [2.75, 3.05) is 44.8 Å². The van der Waals surface area contributed by atoms with E-state index in [4.69, 9.17) is 4.74 Å². The number of hydrogen-bond donors (Lipinski definition) is 1. The molecule has 0 aromatic heterocycles. The molecule has 1 aromatic carbocycles. The largest absolute Gasteiger partial charge is 0.382 e. The van der Waals surface area contributed by atoms with Gasteiger partial charge in [0.15, 0.2) is 0 Å². The van der Waals surface area contributed by atoms with Crippen molar-refractivity contribution in [1.82, 2.24) is 5.32 Å². The lowest BCUT2D eigenvalue weighted by molar-refractivity contribution is 0.145. The van der Waals surface area contributed by atoms with E-state index in [1.54, 1.807) is 0 Å². The summed E-state index contributed by atoms with van der Waals surface area (Å²) in [6.45, 7) is 11.1. The molecule has 0 spiro atoms. The van der Waals surface area contributed by atoms with Gasteiger partial charge in [-0.2, -0.15) is 0 Å². The second-order valence-corrected chi connectivity index (χ2v) is 5.01. The molecular formula is C16H28N2O. The van der Waals surface area contributed by atoms with Crippen LogP contribution in [0.1, 0.15) is 24.5 Å². The van der Waals surface area contributed by atoms with Gasteiger partial charge in [0.05, 0.1) is 0 Å². The fourth-order valence-electron chi connectivity index (χ4n) is 2.17. The van der Waals surface area contributed by atoms with Gasteiger partial charge in [-0.25, -0.2) is 0 Å². The standard InChI is InChI=1S/C16H28N2O/c1-5-19-12-6-9-17-10-11-18(4)16-8-7-14(2)13-15(16)3/h7-8,13,17H,5-6,9-12H2,1-4H3. The minimum atomic E-state index is 0.815. The van der Waals surface area contributed by atoms with Crippen LogP contribution in [0.4, 0.5) is 5.69 Å². The SMILES string of the molecule is CCOCCCNCCN(C)c1ccc(C)cc1C. The zero-order valence-corrected chi connectivity index (χ0v) is 12.8. The number of likely N-dealkylation sites (N-methyl/N-ethyl adjacent to an activating group) is 1. The third-order valence-electron chi connectivity index (χ3n) is 3.23. The summed E-state index contributed by atoms with van der Waals surface area (Å²) in [6.07, 6.45) is 1.08. The molecule has 1 rings (SSSR count). The summed E-state index contributed by atoms with van der Waals surface area (Å²) in [4.78, 5) is 2.31. The Morgan fingerprint density at radius 2 is 2.00 bits per heavy atom. The Kier molecular flexibility index (Phi) is 7.53. The molecule has 0 saturated carbocycles. The average Bonchev–Trinajstić information content (AvgIpc) is 2.37. The van der Waals surface area contributed by atoms with Gasteiger partial charge in [-0.1, -0.05) is 17.7 Å². The number of ether oxygens (including phenoxy) is 1. The van der Waals surface area contributed by atoms with Gasteiger partial charge < -0.3 is 15.0 Å². The zero-order valence-electron chi connectivity index (χ0n) is 12.8. The van der Waals surface area contributed by atoms with E-state index in [0.717, 1.165) is 39.3 Å². The van der Waals surface area contributed by atoms with Crippen LogP contribution in [-0.4, -0.2) is 39.9 Å². The van der Waals surface area contributed by atoms with Crippen molar-refractivity contribution in [3.05, 3.63) is 29.3 Å². The van der Waals surface area contributed by atoms with Crippen molar-refractivity contribution < 1.29 is 4.74 Å². The van der Waals surface area contributed by atoms with Crippen molar-refractivity contribution >= 4 is 5.69 Å². The van der Waals surface area contributed by atoms with Gasteiger partial charge in [-0.05, 0) is 45.4 Å². The van der Waals surface area contributed by atoms with E-state index in [1.807, 2.05) is 6.92 Å². The Hall–Kier alpha value is -1.06. The predicted octanol–water partition coefficient (Wildman–Crippen LogP) is 2.76. The highest BCUT2D eigenvalue weighted by molar-refractivity contribution is 5.53. The van der Waals surface area contributed by atoms with E-state index in [9.17, 15) is 0 Å². The van der Waals surface area contributed by atoms with Crippen LogP contribution in [0.15, 0.2) is 18.2 Å². The van der Waals surface area contributed by atoms with E-state index in [2.05, 4.69) is 49.3 Å². The molecule has 0 fully saturated rings. The number of benzene rings is 1. The molecule has 0 saturated heterocycles. The molecule has 19 heavy (non-hydrogen) atoms. The minimum Gasteiger partial charge on any atom is -0.382 e. The molecule has 0 atom stereocenters. The van der Waals surface area contributed by atoms with Gasteiger partial charge >= 0.3 is 0 Å². The molecule has 3 nitrogen and oxygen atoms in total. The van der Waals surface area contributed by atoms with Gasteiger partial charge in [0, 0.05) is 39.0 Å². The summed E-state index contributed by atoms with van der Waals surface area (Å²) < 4.78 is 5.31. The van der Waals surface area contributed by atoms with Gasteiger partial charge in [0.2, 0.25) is 0 Å². The lowest BCUT2D eigenvalue weighted by Crippen LogP contribution is -2.30. The molecule has 0 radical (unpaired) electrons. The topological polar surface area (TPSA) is 24.5 Å². The van der Waals surface area contributed by atoms with Crippen LogP contribution in [-0.2, 0) is 4.74 Å². The third-order valence-corrected chi connectivity index (χ3v) is 3.23. The first-order valence-electron chi connectivity index (χ1n) is 7.22. The Morgan fingerprint density at radius 3 is 2.68 bits per heavy atom. The fraction of sp³-hybridized carbons (Fsp3) is 0.625. The lowest BCUT2D eigenvalue weighted by Gasteiger charge is -2.22. The first kappa shape index (κ1) is 16.0. The third kappa shape index (κ3) is 6.08. The minimum absolute atomic E-state index is 0.815. The van der Waals surface area contributed by atoms with Crippen LogP contribution in [0.2, 0.25) is 0 Å². The van der Waals surface area contributed by atoms with Crippen molar-refractivity contribution in [3.63, 3.8) is 0 Å². The van der Waals surface area contributed by atoms with Gasteiger partial charge in [-0.3, -0.25) is 0 Å². The highest BCUT2D eigenvalue weighted by atomic mass is 16.5. The summed E-state index contributed by atoms with van der Waals surface area (Å²) in [5.74, 6) is 0. The average molecular weight is 264 g/mol. The van der Waals surface area contributed by atoms with E-state index in [1.165, 1.54) is 16.8 Å². The Morgan fingerprint density at radius 1 is 1.21 bits per heavy atom. The second kappa shape index (κ2) is 8.94. The maximum absolute atomic E-state index is 5.31. The smallest absolute Gasteiger partial charge is 0.0477 e. The number of aryl methyl sites for hydroxylation is 2. The van der Waals surface area contributed by atoms with Crippen LogP contribution in [0.5, 0.6) is 0 Å².